The van der Waals surface area contributed by atoms with Gasteiger partial charge in [0.25, 0.3) is 5.91 Å². The van der Waals surface area contributed by atoms with E-state index in [2.05, 4.69) is 15.6 Å². The fourth-order valence-corrected chi connectivity index (χ4v) is 3.96. The molecule has 0 saturated carbocycles. The van der Waals surface area contributed by atoms with Crippen molar-refractivity contribution in [2.45, 2.75) is 31.8 Å². The lowest BCUT2D eigenvalue weighted by Crippen LogP contribution is -2.52. The van der Waals surface area contributed by atoms with E-state index in [-0.39, 0.29) is 37.0 Å². The van der Waals surface area contributed by atoms with Crippen LogP contribution in [-0.2, 0) is 32.6 Å². The zero-order valence-corrected chi connectivity index (χ0v) is 16.1. The number of sulfonamides is 1. The average Bonchev–Trinajstić information content (AvgIpc) is 3.25. The van der Waals surface area contributed by atoms with E-state index in [1.165, 1.54) is 9.58 Å². The largest absolute Gasteiger partial charge is 0.322 e. The molecule has 1 saturated heterocycles. The maximum Gasteiger partial charge on any atom is 0.255 e. The maximum absolute atomic E-state index is 12.9. The van der Waals surface area contributed by atoms with Gasteiger partial charge in [-0.05, 0) is 24.1 Å². The summed E-state index contributed by atoms with van der Waals surface area (Å²) in [4.78, 5) is 37.8. The van der Waals surface area contributed by atoms with Crippen LogP contribution in [-0.4, -0.2) is 57.8 Å². The number of primary sulfonamides is 1. The first kappa shape index (κ1) is 19.2. The fourth-order valence-electron chi connectivity index (χ4n) is 3.47. The smallest absolute Gasteiger partial charge is 0.255 e. The van der Waals surface area contributed by atoms with Crippen molar-refractivity contribution < 1.29 is 22.8 Å². The first-order valence-corrected chi connectivity index (χ1v) is 10.6. The van der Waals surface area contributed by atoms with Gasteiger partial charge in [-0.2, -0.15) is 0 Å². The van der Waals surface area contributed by atoms with Gasteiger partial charge in [-0.1, -0.05) is 11.3 Å². The van der Waals surface area contributed by atoms with Gasteiger partial charge in [-0.25, -0.2) is 18.2 Å². The zero-order valence-electron chi connectivity index (χ0n) is 15.2. The summed E-state index contributed by atoms with van der Waals surface area (Å²) in [5.41, 5.74) is 2.26. The third-order valence-corrected chi connectivity index (χ3v) is 5.73. The number of hydrogen-bond donors (Lipinski definition) is 2. The summed E-state index contributed by atoms with van der Waals surface area (Å²) in [7, 11) is -3.60. The number of fused-ring (bicyclic) bond motifs is 1. The van der Waals surface area contributed by atoms with Crippen molar-refractivity contribution >= 4 is 27.7 Å². The summed E-state index contributed by atoms with van der Waals surface area (Å²) in [6.07, 6.45) is 2.20. The minimum absolute atomic E-state index is 0.131. The molecule has 11 nitrogen and oxygen atoms in total. The van der Waals surface area contributed by atoms with Crippen LogP contribution in [0.1, 0.15) is 34.5 Å². The van der Waals surface area contributed by atoms with Crippen LogP contribution in [0, 0.1) is 0 Å². The molecule has 0 spiro atoms. The van der Waals surface area contributed by atoms with Crippen LogP contribution in [0.5, 0.6) is 0 Å². The molecule has 2 aliphatic heterocycles. The third-order valence-electron chi connectivity index (χ3n) is 4.96. The molecule has 1 aromatic heterocycles. The first-order chi connectivity index (χ1) is 13.7. The highest BCUT2D eigenvalue weighted by molar-refractivity contribution is 7.89. The quantitative estimate of drug-likeness (QED) is 0.581. The number of rotatable bonds is 5. The monoisotopic (exact) mass is 418 g/mol. The minimum atomic E-state index is -3.60. The Hall–Kier alpha value is -3.12. The van der Waals surface area contributed by atoms with Crippen molar-refractivity contribution in [1.82, 2.24) is 25.2 Å². The number of aryl methyl sites for hydroxylation is 1. The second-order valence-corrected chi connectivity index (χ2v) is 8.75. The van der Waals surface area contributed by atoms with Crippen LogP contribution in [0.4, 0.5) is 0 Å². The Balaban J connectivity index is 1.53. The van der Waals surface area contributed by atoms with Gasteiger partial charge in [0.1, 0.15) is 6.04 Å². The molecule has 152 valence electrons. The summed E-state index contributed by atoms with van der Waals surface area (Å²) < 4.78 is 23.6. The zero-order chi connectivity index (χ0) is 20.8. The summed E-state index contributed by atoms with van der Waals surface area (Å²) in [6, 6.07) is 4.52. The second kappa shape index (κ2) is 7.04. The lowest BCUT2D eigenvalue weighted by Gasteiger charge is -2.29. The van der Waals surface area contributed by atoms with Crippen molar-refractivity contribution in [1.29, 1.82) is 0 Å². The third kappa shape index (κ3) is 3.89. The highest BCUT2D eigenvalue weighted by atomic mass is 32.2. The number of hydrogen-bond acceptors (Lipinski definition) is 7. The van der Waals surface area contributed by atoms with E-state index in [4.69, 9.17) is 5.14 Å². The Bertz CT molecular complexity index is 1130. The molecular weight excluding hydrogens is 400 g/mol. The van der Waals surface area contributed by atoms with Gasteiger partial charge in [0.2, 0.25) is 21.8 Å². The molecular formula is C17H18N6O5S. The van der Waals surface area contributed by atoms with Gasteiger partial charge in [-0.15, -0.1) is 5.10 Å². The topological polar surface area (TPSA) is 157 Å². The van der Waals surface area contributed by atoms with E-state index in [1.807, 2.05) is 0 Å². The van der Waals surface area contributed by atoms with Crippen LogP contribution in [0.15, 0.2) is 24.4 Å². The summed E-state index contributed by atoms with van der Waals surface area (Å²) in [5.74, 6) is -1.32. The Morgan fingerprint density at radius 3 is 2.76 bits per heavy atom. The van der Waals surface area contributed by atoms with Crippen molar-refractivity contribution in [2.24, 2.45) is 5.14 Å². The molecule has 1 atom stereocenters. The molecule has 0 aliphatic carbocycles. The number of carbonyl (C=O) groups excluding carboxylic acids is 3. The molecule has 0 radical (unpaired) electrons. The van der Waals surface area contributed by atoms with E-state index in [0.29, 0.717) is 23.4 Å². The molecule has 4 rings (SSSR count). The molecule has 3 heterocycles. The minimum Gasteiger partial charge on any atom is -0.322 e. The lowest BCUT2D eigenvalue weighted by atomic mass is 10.0. The van der Waals surface area contributed by atoms with E-state index in [1.54, 1.807) is 24.4 Å². The van der Waals surface area contributed by atoms with Crippen LogP contribution < -0.4 is 10.5 Å². The van der Waals surface area contributed by atoms with Gasteiger partial charge in [0, 0.05) is 24.9 Å². The SMILES string of the molecule is NS(=O)(=O)CCc1cn(-c2ccc3c(c2)C(=O)N(C2CCC(=O)NC2=O)C3)nn1. The number of piperidine rings is 1. The number of carbonyl (C=O) groups is 3. The normalized spacial score (nSPS) is 19.4. The molecule has 3 N–H and O–H groups in total. The fraction of sp³-hybridized carbons (Fsp3) is 0.353. The number of imide groups is 1. The van der Waals surface area contributed by atoms with Crippen molar-refractivity contribution in [3.63, 3.8) is 0 Å². The average molecular weight is 418 g/mol. The molecule has 1 fully saturated rings. The molecule has 2 aliphatic rings. The van der Waals surface area contributed by atoms with Gasteiger partial charge in [0.15, 0.2) is 0 Å². The Morgan fingerprint density at radius 2 is 2.03 bits per heavy atom. The molecule has 3 amide bonds. The molecule has 1 unspecified atom stereocenters. The van der Waals surface area contributed by atoms with Crippen molar-refractivity contribution in [3.05, 3.63) is 41.2 Å². The highest BCUT2D eigenvalue weighted by Crippen LogP contribution is 2.29. The first-order valence-electron chi connectivity index (χ1n) is 8.91. The number of aromatic nitrogens is 3. The summed E-state index contributed by atoms with van der Waals surface area (Å²) in [5, 5.41) is 15.2. The molecule has 2 aromatic rings. The predicted octanol–water partition coefficient (Wildman–Crippen LogP) is -1.14. The number of amides is 3. The predicted molar refractivity (Wildman–Crippen MR) is 99.1 cm³/mol. The maximum atomic E-state index is 12.9. The summed E-state index contributed by atoms with van der Waals surface area (Å²) >= 11 is 0. The van der Waals surface area contributed by atoms with Crippen LogP contribution in [0.2, 0.25) is 0 Å². The second-order valence-electron chi connectivity index (χ2n) is 7.01. The van der Waals surface area contributed by atoms with Crippen LogP contribution in [0.3, 0.4) is 0 Å². The van der Waals surface area contributed by atoms with Gasteiger partial charge in [0.05, 0.1) is 23.3 Å². The number of nitrogens with zero attached hydrogens (tertiary/aromatic N) is 4. The molecule has 12 heteroatoms. The van der Waals surface area contributed by atoms with Gasteiger partial charge < -0.3 is 4.90 Å². The molecule has 0 bridgehead atoms. The molecule has 1 aromatic carbocycles. The highest BCUT2D eigenvalue weighted by Gasteiger charge is 2.39. The van der Waals surface area contributed by atoms with E-state index < -0.39 is 22.0 Å². The Kier molecular flexibility index (Phi) is 4.67. The standard InChI is InChI=1S/C17H18N6O5S/c18-29(27,28)6-5-11-9-23(21-20-11)12-2-1-10-8-22(17(26)13(10)7-12)14-3-4-15(24)19-16(14)25/h1-2,7,9,14H,3-6,8H2,(H2,18,27,28)(H,19,24,25). The number of nitrogens with two attached hydrogens (primary N) is 1. The molecule has 29 heavy (non-hydrogen) atoms. The van der Waals surface area contributed by atoms with Crippen molar-refractivity contribution in [2.75, 3.05) is 5.75 Å². The van der Waals surface area contributed by atoms with E-state index >= 15 is 0 Å². The summed E-state index contributed by atoms with van der Waals surface area (Å²) in [6.45, 7) is 0.289. The van der Waals surface area contributed by atoms with Crippen molar-refractivity contribution in [3.8, 4) is 5.69 Å². The van der Waals surface area contributed by atoms with Crippen LogP contribution in [0.25, 0.3) is 5.69 Å². The van der Waals surface area contributed by atoms with Gasteiger partial charge in [-0.3, -0.25) is 19.7 Å². The Morgan fingerprint density at radius 1 is 1.24 bits per heavy atom. The Labute approximate surface area is 165 Å². The van der Waals surface area contributed by atoms with Gasteiger partial charge >= 0.3 is 0 Å². The van der Waals surface area contributed by atoms with Crippen LogP contribution >= 0.6 is 0 Å². The number of benzene rings is 1. The van der Waals surface area contributed by atoms with E-state index in [0.717, 1.165) is 5.56 Å². The number of nitrogens with one attached hydrogen (secondary N) is 1. The van der Waals surface area contributed by atoms with E-state index in [9.17, 15) is 22.8 Å². The lowest BCUT2D eigenvalue weighted by molar-refractivity contribution is -0.136.